The summed E-state index contributed by atoms with van der Waals surface area (Å²) in [5, 5.41) is 15.1. The number of aliphatic hydroxyl groups is 1. The number of ether oxygens (including phenoxy) is 1. The van der Waals surface area contributed by atoms with Gasteiger partial charge in [-0.1, -0.05) is 79.7 Å². The van der Waals surface area contributed by atoms with Crippen LogP contribution in [-0.2, 0) is 21.7 Å². The Labute approximate surface area is 151 Å². The van der Waals surface area contributed by atoms with Crippen LogP contribution in [0.2, 0.25) is 0 Å². The topological polar surface area (TPSA) is 85.5 Å². The molecule has 1 N–H and O–H groups in total. The first kappa shape index (κ1) is 17.8. The monoisotopic (exact) mass is 352 g/mol. The first-order valence-corrected chi connectivity index (χ1v) is 8.35. The van der Waals surface area contributed by atoms with E-state index in [0.29, 0.717) is 17.0 Å². The number of hydrogen-bond acceptors (Lipinski definition) is 6. The molecule has 0 aliphatic heterocycles. The number of rotatable bonds is 6. The van der Waals surface area contributed by atoms with Gasteiger partial charge in [0, 0.05) is 5.92 Å². The van der Waals surface area contributed by atoms with Crippen molar-refractivity contribution in [2.45, 2.75) is 32.0 Å². The molecule has 3 rings (SSSR count). The molecule has 0 unspecified atom stereocenters. The van der Waals surface area contributed by atoms with Crippen molar-refractivity contribution in [1.29, 1.82) is 0 Å². The molecule has 1 heterocycles. The van der Waals surface area contributed by atoms with Crippen molar-refractivity contribution < 1.29 is 19.2 Å². The average molecular weight is 352 g/mol. The van der Waals surface area contributed by atoms with Crippen LogP contribution in [0.5, 0.6) is 0 Å². The van der Waals surface area contributed by atoms with Gasteiger partial charge in [0.2, 0.25) is 5.60 Å². The zero-order valence-corrected chi connectivity index (χ0v) is 14.6. The SMILES string of the molecule is CC(C)c1noc(COC(=O)C(O)(c2ccccc2)c2ccccc2)n1. The third kappa shape index (κ3) is 3.50. The Hall–Kier alpha value is -2.99. The predicted molar refractivity (Wildman–Crippen MR) is 94.1 cm³/mol. The normalized spacial score (nSPS) is 11.5. The molecule has 1 aromatic heterocycles. The van der Waals surface area contributed by atoms with E-state index < -0.39 is 11.6 Å². The zero-order valence-electron chi connectivity index (χ0n) is 14.6. The first-order valence-electron chi connectivity index (χ1n) is 8.35. The second kappa shape index (κ2) is 7.49. The molecule has 0 saturated carbocycles. The van der Waals surface area contributed by atoms with Gasteiger partial charge < -0.3 is 14.4 Å². The van der Waals surface area contributed by atoms with Gasteiger partial charge in [-0.3, -0.25) is 0 Å². The van der Waals surface area contributed by atoms with E-state index in [4.69, 9.17) is 9.26 Å². The second-order valence-electron chi connectivity index (χ2n) is 6.22. The van der Waals surface area contributed by atoms with E-state index in [1.807, 2.05) is 26.0 Å². The van der Waals surface area contributed by atoms with Gasteiger partial charge in [0.05, 0.1) is 0 Å². The van der Waals surface area contributed by atoms with E-state index >= 15 is 0 Å². The van der Waals surface area contributed by atoms with E-state index in [-0.39, 0.29) is 18.4 Å². The third-order valence-electron chi connectivity index (χ3n) is 4.01. The summed E-state index contributed by atoms with van der Waals surface area (Å²) in [7, 11) is 0. The van der Waals surface area contributed by atoms with Crippen LogP contribution >= 0.6 is 0 Å². The van der Waals surface area contributed by atoms with Crippen LogP contribution in [0.25, 0.3) is 0 Å². The maximum atomic E-state index is 12.8. The minimum atomic E-state index is -1.93. The van der Waals surface area contributed by atoms with Crippen molar-refractivity contribution in [3.63, 3.8) is 0 Å². The Kier molecular flexibility index (Phi) is 5.14. The van der Waals surface area contributed by atoms with Crippen LogP contribution in [0.3, 0.4) is 0 Å². The number of carbonyl (C=O) groups excluding carboxylic acids is 1. The number of benzene rings is 2. The molecule has 134 valence electrons. The largest absolute Gasteiger partial charge is 0.453 e. The average Bonchev–Trinajstić information content (AvgIpc) is 3.16. The van der Waals surface area contributed by atoms with Gasteiger partial charge >= 0.3 is 5.97 Å². The van der Waals surface area contributed by atoms with E-state index in [1.54, 1.807) is 48.5 Å². The molecule has 0 aliphatic carbocycles. The van der Waals surface area contributed by atoms with Crippen molar-refractivity contribution in [3.05, 3.63) is 83.5 Å². The maximum absolute atomic E-state index is 12.8. The van der Waals surface area contributed by atoms with Gasteiger partial charge in [0.1, 0.15) is 0 Å². The standard InChI is InChI=1S/C20H20N2O4/c1-14(2)18-21-17(26-22-18)13-25-19(23)20(24,15-9-5-3-6-10-15)16-11-7-4-8-12-16/h3-12,14,24H,13H2,1-2H3. The number of hydrogen-bond donors (Lipinski definition) is 1. The highest BCUT2D eigenvalue weighted by Crippen LogP contribution is 2.31. The fraction of sp³-hybridized carbons (Fsp3) is 0.250. The molecule has 3 aromatic rings. The summed E-state index contributed by atoms with van der Waals surface area (Å²) >= 11 is 0. The number of aromatic nitrogens is 2. The maximum Gasteiger partial charge on any atom is 0.348 e. The van der Waals surface area contributed by atoms with Crippen LogP contribution in [0.4, 0.5) is 0 Å². The van der Waals surface area contributed by atoms with Crippen molar-refractivity contribution >= 4 is 5.97 Å². The Balaban J connectivity index is 1.86. The van der Waals surface area contributed by atoms with Gasteiger partial charge in [-0.15, -0.1) is 0 Å². The Morgan fingerprint density at radius 2 is 1.62 bits per heavy atom. The summed E-state index contributed by atoms with van der Waals surface area (Å²) in [4.78, 5) is 17.0. The lowest BCUT2D eigenvalue weighted by molar-refractivity contribution is -0.164. The second-order valence-corrected chi connectivity index (χ2v) is 6.22. The summed E-state index contributed by atoms with van der Waals surface area (Å²) in [6.45, 7) is 3.66. The summed E-state index contributed by atoms with van der Waals surface area (Å²) in [5.74, 6) is 0.0240. The number of esters is 1. The predicted octanol–water partition coefficient (Wildman–Crippen LogP) is 3.17. The first-order chi connectivity index (χ1) is 12.5. The van der Waals surface area contributed by atoms with Crippen molar-refractivity contribution in [2.24, 2.45) is 0 Å². The lowest BCUT2D eigenvalue weighted by atomic mass is 9.86. The molecule has 0 saturated heterocycles. The molecule has 0 spiro atoms. The molecule has 0 amide bonds. The highest BCUT2D eigenvalue weighted by molar-refractivity contribution is 5.85. The zero-order chi connectivity index (χ0) is 18.6. The molecule has 2 aromatic carbocycles. The van der Waals surface area contributed by atoms with Crippen LogP contribution in [0.1, 0.15) is 42.6 Å². The van der Waals surface area contributed by atoms with Gasteiger partial charge in [0.25, 0.3) is 5.89 Å². The molecular formula is C20H20N2O4. The Morgan fingerprint density at radius 3 is 2.08 bits per heavy atom. The fourth-order valence-electron chi connectivity index (χ4n) is 2.55. The van der Waals surface area contributed by atoms with Crippen LogP contribution in [-0.4, -0.2) is 21.2 Å². The summed E-state index contributed by atoms with van der Waals surface area (Å²) in [6, 6.07) is 17.4. The van der Waals surface area contributed by atoms with Crippen molar-refractivity contribution in [2.75, 3.05) is 0 Å². The lowest BCUT2D eigenvalue weighted by Gasteiger charge is -2.26. The summed E-state index contributed by atoms with van der Waals surface area (Å²) in [5.41, 5.74) is -1.09. The molecule has 0 fully saturated rings. The highest BCUT2D eigenvalue weighted by atomic mass is 16.6. The summed E-state index contributed by atoms with van der Waals surface area (Å²) < 4.78 is 10.4. The van der Waals surface area contributed by atoms with E-state index in [2.05, 4.69) is 10.1 Å². The number of nitrogens with zero attached hydrogens (tertiary/aromatic N) is 2. The number of carbonyl (C=O) groups is 1. The molecule has 0 atom stereocenters. The Morgan fingerprint density at radius 1 is 1.08 bits per heavy atom. The third-order valence-corrected chi connectivity index (χ3v) is 4.01. The smallest absolute Gasteiger partial charge is 0.348 e. The lowest BCUT2D eigenvalue weighted by Crippen LogP contribution is -2.38. The molecule has 0 bridgehead atoms. The van der Waals surface area contributed by atoms with Crippen molar-refractivity contribution in [3.8, 4) is 0 Å². The van der Waals surface area contributed by atoms with Gasteiger partial charge in [-0.25, -0.2) is 4.79 Å². The molecular weight excluding hydrogens is 332 g/mol. The molecule has 0 aliphatic rings. The van der Waals surface area contributed by atoms with Gasteiger partial charge in [-0.05, 0) is 11.1 Å². The van der Waals surface area contributed by atoms with Gasteiger partial charge in [0.15, 0.2) is 12.4 Å². The molecule has 6 heteroatoms. The van der Waals surface area contributed by atoms with Crippen LogP contribution in [0.15, 0.2) is 65.2 Å². The molecule has 6 nitrogen and oxygen atoms in total. The molecule has 26 heavy (non-hydrogen) atoms. The summed E-state index contributed by atoms with van der Waals surface area (Å²) in [6.07, 6.45) is 0. The van der Waals surface area contributed by atoms with Crippen LogP contribution < -0.4 is 0 Å². The quantitative estimate of drug-likeness (QED) is 0.686. The Bertz CT molecular complexity index is 820. The van der Waals surface area contributed by atoms with E-state index in [0.717, 1.165) is 0 Å². The van der Waals surface area contributed by atoms with E-state index in [1.165, 1.54) is 0 Å². The van der Waals surface area contributed by atoms with Crippen molar-refractivity contribution in [1.82, 2.24) is 10.1 Å². The van der Waals surface area contributed by atoms with E-state index in [9.17, 15) is 9.90 Å². The highest BCUT2D eigenvalue weighted by Gasteiger charge is 2.41. The van der Waals surface area contributed by atoms with Crippen LogP contribution in [0, 0.1) is 0 Å². The minimum Gasteiger partial charge on any atom is -0.453 e. The van der Waals surface area contributed by atoms with Gasteiger partial charge in [-0.2, -0.15) is 4.98 Å². The molecule has 0 radical (unpaired) electrons. The minimum absolute atomic E-state index is 0.105. The fourth-order valence-corrected chi connectivity index (χ4v) is 2.55.